The predicted octanol–water partition coefficient (Wildman–Crippen LogP) is 4.64. The Kier molecular flexibility index (Phi) is 5.47. The van der Waals surface area contributed by atoms with Crippen LogP contribution in [-0.2, 0) is 0 Å². The number of hydrogen-bond donors (Lipinski definition) is 2. The number of anilines is 3. The largest absolute Gasteiger partial charge is 0.339 e. The average molecular weight is 381 g/mol. The molecule has 7 heteroatoms. The number of nitrogens with zero attached hydrogens (tertiary/aromatic N) is 2. The zero-order chi connectivity index (χ0) is 19.4. The third-order valence-electron chi connectivity index (χ3n) is 3.86. The van der Waals surface area contributed by atoms with Gasteiger partial charge in [0.05, 0.1) is 12.4 Å². The van der Waals surface area contributed by atoms with Gasteiger partial charge in [0, 0.05) is 22.0 Å². The van der Waals surface area contributed by atoms with Crippen molar-refractivity contribution in [3.05, 3.63) is 76.7 Å². The van der Waals surface area contributed by atoms with Crippen LogP contribution in [0.25, 0.3) is 0 Å². The summed E-state index contributed by atoms with van der Waals surface area (Å²) in [5.41, 5.74) is 2.96. The molecule has 1 amide bonds. The van der Waals surface area contributed by atoms with E-state index in [1.165, 1.54) is 19.3 Å². The van der Waals surface area contributed by atoms with Crippen LogP contribution < -0.4 is 10.6 Å². The highest BCUT2D eigenvalue weighted by atomic mass is 35.5. The van der Waals surface area contributed by atoms with Gasteiger partial charge < -0.3 is 10.6 Å². The van der Waals surface area contributed by atoms with Crippen LogP contribution in [0.1, 0.15) is 33.3 Å². The van der Waals surface area contributed by atoms with Crippen molar-refractivity contribution in [1.82, 2.24) is 9.97 Å². The molecule has 136 valence electrons. The van der Waals surface area contributed by atoms with Crippen molar-refractivity contribution in [2.45, 2.75) is 13.8 Å². The van der Waals surface area contributed by atoms with Gasteiger partial charge in [-0.05, 0) is 43.7 Å². The zero-order valence-corrected chi connectivity index (χ0v) is 15.5. The summed E-state index contributed by atoms with van der Waals surface area (Å²) in [6, 6.07) is 12.3. The second-order valence-corrected chi connectivity index (χ2v) is 6.37. The second-order valence-electron chi connectivity index (χ2n) is 5.97. The van der Waals surface area contributed by atoms with E-state index in [0.717, 1.165) is 11.3 Å². The van der Waals surface area contributed by atoms with Crippen LogP contribution in [-0.4, -0.2) is 21.7 Å². The van der Waals surface area contributed by atoms with Crippen molar-refractivity contribution < 1.29 is 9.59 Å². The first-order chi connectivity index (χ1) is 12.9. The number of nitrogens with one attached hydrogen (secondary N) is 2. The van der Waals surface area contributed by atoms with Gasteiger partial charge in [0.2, 0.25) is 0 Å². The fourth-order valence-corrected chi connectivity index (χ4v) is 2.52. The molecule has 27 heavy (non-hydrogen) atoms. The lowest BCUT2D eigenvalue weighted by molar-refractivity contribution is 0.100. The third-order valence-corrected chi connectivity index (χ3v) is 4.26. The zero-order valence-electron chi connectivity index (χ0n) is 14.8. The number of aryl methyl sites for hydroxylation is 1. The smallest absolute Gasteiger partial charge is 0.275 e. The van der Waals surface area contributed by atoms with E-state index in [2.05, 4.69) is 20.6 Å². The molecule has 2 N–H and O–H groups in total. The lowest BCUT2D eigenvalue weighted by atomic mass is 10.1. The molecule has 1 heterocycles. The average Bonchev–Trinajstić information content (AvgIpc) is 2.65. The Bertz CT molecular complexity index is 1000. The minimum Gasteiger partial charge on any atom is -0.339 e. The van der Waals surface area contributed by atoms with E-state index in [4.69, 9.17) is 11.6 Å². The molecule has 0 atom stereocenters. The van der Waals surface area contributed by atoms with E-state index in [0.29, 0.717) is 22.1 Å². The Balaban J connectivity index is 1.69. The number of halogens is 1. The molecule has 0 radical (unpaired) electrons. The summed E-state index contributed by atoms with van der Waals surface area (Å²) in [5.74, 6) is 0.00991. The Hall–Kier alpha value is -3.25. The van der Waals surface area contributed by atoms with E-state index >= 15 is 0 Å². The van der Waals surface area contributed by atoms with Crippen LogP contribution >= 0.6 is 11.6 Å². The standard InChI is InChI=1S/C20H17ClN4O2/c1-12-6-7-16(9-17(12)21)24-19-11-22-18(10-23-19)20(27)25-15-5-3-4-14(8-15)13(2)26/h3-11H,1-2H3,(H,23,24)(H,25,27). The first kappa shape index (κ1) is 18.5. The Morgan fingerprint density at radius 3 is 2.48 bits per heavy atom. The van der Waals surface area contributed by atoms with Crippen LogP contribution in [0.5, 0.6) is 0 Å². The first-order valence-electron chi connectivity index (χ1n) is 8.20. The van der Waals surface area contributed by atoms with Crippen molar-refractivity contribution in [2.75, 3.05) is 10.6 Å². The van der Waals surface area contributed by atoms with Crippen molar-refractivity contribution in [1.29, 1.82) is 0 Å². The molecular formula is C20H17ClN4O2. The molecule has 3 aromatic rings. The molecule has 0 spiro atoms. The van der Waals surface area contributed by atoms with Crippen LogP contribution in [0, 0.1) is 6.92 Å². The Morgan fingerprint density at radius 2 is 1.81 bits per heavy atom. The minimum absolute atomic E-state index is 0.0717. The summed E-state index contributed by atoms with van der Waals surface area (Å²) in [5, 5.41) is 6.44. The molecule has 2 aromatic carbocycles. The lowest BCUT2D eigenvalue weighted by Crippen LogP contribution is -2.14. The maximum absolute atomic E-state index is 12.3. The number of benzene rings is 2. The van der Waals surface area contributed by atoms with Gasteiger partial charge in [0.25, 0.3) is 5.91 Å². The van der Waals surface area contributed by atoms with Crippen LogP contribution in [0.4, 0.5) is 17.2 Å². The Morgan fingerprint density at radius 1 is 1.00 bits per heavy atom. The second kappa shape index (κ2) is 7.97. The highest BCUT2D eigenvalue weighted by Crippen LogP contribution is 2.22. The molecule has 0 bridgehead atoms. The van der Waals surface area contributed by atoms with E-state index in [1.54, 1.807) is 30.3 Å². The summed E-state index contributed by atoms with van der Waals surface area (Å²) >= 11 is 6.10. The van der Waals surface area contributed by atoms with Crippen molar-refractivity contribution >= 4 is 40.5 Å². The van der Waals surface area contributed by atoms with Crippen molar-refractivity contribution in [2.24, 2.45) is 0 Å². The third kappa shape index (κ3) is 4.68. The van der Waals surface area contributed by atoms with Gasteiger partial charge in [-0.1, -0.05) is 29.8 Å². The van der Waals surface area contributed by atoms with Gasteiger partial charge in [-0.15, -0.1) is 0 Å². The topological polar surface area (TPSA) is 84.0 Å². The molecule has 6 nitrogen and oxygen atoms in total. The van der Waals surface area contributed by atoms with E-state index in [1.807, 2.05) is 19.1 Å². The van der Waals surface area contributed by atoms with E-state index in [-0.39, 0.29) is 11.5 Å². The number of aromatic nitrogens is 2. The molecule has 0 aliphatic heterocycles. The molecule has 0 aliphatic rings. The number of amides is 1. The molecule has 0 saturated heterocycles. The minimum atomic E-state index is -0.409. The van der Waals surface area contributed by atoms with Gasteiger partial charge >= 0.3 is 0 Å². The normalized spacial score (nSPS) is 10.3. The van der Waals surface area contributed by atoms with Crippen LogP contribution in [0.3, 0.4) is 0 Å². The summed E-state index contributed by atoms with van der Waals surface area (Å²) in [6.45, 7) is 3.39. The van der Waals surface area contributed by atoms with E-state index in [9.17, 15) is 9.59 Å². The van der Waals surface area contributed by atoms with Crippen molar-refractivity contribution in [3.63, 3.8) is 0 Å². The number of carbonyl (C=O) groups excluding carboxylic acids is 2. The van der Waals surface area contributed by atoms with Crippen LogP contribution in [0.15, 0.2) is 54.9 Å². The van der Waals surface area contributed by atoms with Gasteiger partial charge in [-0.25, -0.2) is 9.97 Å². The van der Waals surface area contributed by atoms with Gasteiger partial charge in [-0.2, -0.15) is 0 Å². The van der Waals surface area contributed by atoms with Gasteiger partial charge in [0.15, 0.2) is 5.78 Å². The summed E-state index contributed by atoms with van der Waals surface area (Å²) < 4.78 is 0. The van der Waals surface area contributed by atoms with E-state index < -0.39 is 5.91 Å². The lowest BCUT2D eigenvalue weighted by Gasteiger charge is -2.08. The Labute approximate surface area is 161 Å². The molecule has 0 unspecified atom stereocenters. The SMILES string of the molecule is CC(=O)c1cccc(NC(=O)c2cnc(Nc3ccc(C)c(Cl)c3)cn2)c1. The van der Waals surface area contributed by atoms with Gasteiger partial charge in [-0.3, -0.25) is 9.59 Å². The molecule has 0 fully saturated rings. The number of hydrogen-bond acceptors (Lipinski definition) is 5. The fourth-order valence-electron chi connectivity index (χ4n) is 2.34. The molecule has 0 aliphatic carbocycles. The summed E-state index contributed by atoms with van der Waals surface area (Å²) in [6.07, 6.45) is 2.84. The highest BCUT2D eigenvalue weighted by molar-refractivity contribution is 6.31. The van der Waals surface area contributed by atoms with Crippen molar-refractivity contribution in [3.8, 4) is 0 Å². The number of carbonyl (C=O) groups is 2. The monoisotopic (exact) mass is 380 g/mol. The maximum atomic E-state index is 12.3. The molecule has 3 rings (SSSR count). The molecule has 0 saturated carbocycles. The maximum Gasteiger partial charge on any atom is 0.275 e. The summed E-state index contributed by atoms with van der Waals surface area (Å²) in [4.78, 5) is 32.1. The first-order valence-corrected chi connectivity index (χ1v) is 8.58. The molecular weight excluding hydrogens is 364 g/mol. The fraction of sp³-hybridized carbons (Fsp3) is 0.100. The predicted molar refractivity (Wildman–Crippen MR) is 106 cm³/mol. The number of ketones is 1. The van der Waals surface area contributed by atoms with Crippen LogP contribution in [0.2, 0.25) is 5.02 Å². The highest BCUT2D eigenvalue weighted by Gasteiger charge is 2.10. The summed E-state index contributed by atoms with van der Waals surface area (Å²) in [7, 11) is 0. The molecule has 1 aromatic heterocycles. The quantitative estimate of drug-likeness (QED) is 0.630. The number of Topliss-reactive ketones (excluding diaryl/α,β-unsaturated/α-hetero) is 1. The van der Waals surface area contributed by atoms with Gasteiger partial charge in [0.1, 0.15) is 11.5 Å². The number of rotatable bonds is 5.